The average molecular weight is 404 g/mol. The Bertz CT molecular complexity index is 729. The van der Waals surface area contributed by atoms with Gasteiger partial charge in [-0.1, -0.05) is 23.2 Å². The van der Waals surface area contributed by atoms with Crippen molar-refractivity contribution in [2.45, 2.75) is 58.8 Å². The number of rotatable bonds is 3. The highest BCUT2D eigenvalue weighted by atomic mass is 35.5. The van der Waals surface area contributed by atoms with E-state index < -0.39 is 29.8 Å². The summed E-state index contributed by atoms with van der Waals surface area (Å²) < 4.78 is 11.2. The number of nitrogens with zero attached hydrogens (tertiary/aromatic N) is 1. The first kappa shape index (κ1) is 20.6. The van der Waals surface area contributed by atoms with Crippen LogP contribution in [0.3, 0.4) is 0 Å². The minimum absolute atomic E-state index is 0.100. The summed E-state index contributed by atoms with van der Waals surface area (Å²) in [6.07, 6.45) is -1.04. The lowest BCUT2D eigenvalue weighted by molar-refractivity contribution is -0.142. The van der Waals surface area contributed by atoms with Crippen LogP contribution in [0.25, 0.3) is 0 Å². The third-order valence-electron chi connectivity index (χ3n) is 4.04. The first-order valence-electron chi connectivity index (χ1n) is 8.25. The summed E-state index contributed by atoms with van der Waals surface area (Å²) >= 11 is 12.5. The molecule has 1 N–H and O–H groups in total. The number of likely N-dealkylation sites (tertiary alicyclic amines) is 1. The van der Waals surface area contributed by atoms with Gasteiger partial charge in [0.2, 0.25) is 0 Å². The molecule has 1 aromatic carbocycles. The fourth-order valence-corrected chi connectivity index (χ4v) is 3.20. The summed E-state index contributed by atoms with van der Waals surface area (Å²) in [4.78, 5) is 25.1. The van der Waals surface area contributed by atoms with E-state index in [9.17, 15) is 14.7 Å². The molecule has 0 aromatic heterocycles. The van der Waals surface area contributed by atoms with Crippen molar-refractivity contribution in [2.75, 3.05) is 6.54 Å². The van der Waals surface area contributed by atoms with E-state index >= 15 is 0 Å². The number of aryl methyl sites for hydroxylation is 1. The van der Waals surface area contributed by atoms with E-state index in [1.54, 1.807) is 33.8 Å². The van der Waals surface area contributed by atoms with E-state index in [2.05, 4.69) is 0 Å². The molecule has 1 heterocycles. The highest BCUT2D eigenvalue weighted by Gasteiger charge is 2.42. The van der Waals surface area contributed by atoms with E-state index in [1.807, 2.05) is 6.92 Å². The van der Waals surface area contributed by atoms with Crippen LogP contribution < -0.4 is 4.74 Å². The van der Waals surface area contributed by atoms with Crippen molar-refractivity contribution in [2.24, 2.45) is 0 Å². The third-order valence-corrected chi connectivity index (χ3v) is 5.09. The van der Waals surface area contributed by atoms with E-state index in [1.165, 1.54) is 4.90 Å². The summed E-state index contributed by atoms with van der Waals surface area (Å²) in [5.41, 5.74) is 0.785. The fourth-order valence-electron chi connectivity index (χ4n) is 2.80. The first-order valence-corrected chi connectivity index (χ1v) is 9.00. The molecular formula is C18H23Cl2NO5. The number of amides is 1. The average Bonchev–Trinajstić information content (AvgIpc) is 2.93. The van der Waals surface area contributed by atoms with Crippen molar-refractivity contribution in [1.29, 1.82) is 0 Å². The summed E-state index contributed by atoms with van der Waals surface area (Å²) in [5.74, 6) is -0.678. The zero-order chi connectivity index (χ0) is 19.8. The summed E-state index contributed by atoms with van der Waals surface area (Å²) in [5, 5.41) is 10.4. The van der Waals surface area contributed by atoms with Gasteiger partial charge in [-0.05, 0) is 51.8 Å². The molecule has 0 unspecified atom stereocenters. The number of halogens is 2. The van der Waals surface area contributed by atoms with Gasteiger partial charge in [0.1, 0.15) is 23.5 Å². The zero-order valence-electron chi connectivity index (χ0n) is 15.4. The lowest BCUT2D eigenvalue weighted by Gasteiger charge is -2.26. The Balaban J connectivity index is 2.20. The maximum Gasteiger partial charge on any atom is 0.411 e. The lowest BCUT2D eigenvalue weighted by Crippen LogP contribution is -2.43. The number of carboxylic acids is 1. The van der Waals surface area contributed by atoms with E-state index in [4.69, 9.17) is 32.7 Å². The van der Waals surface area contributed by atoms with Crippen LogP contribution in [0.4, 0.5) is 4.79 Å². The van der Waals surface area contributed by atoms with Gasteiger partial charge in [-0.15, -0.1) is 0 Å². The van der Waals surface area contributed by atoms with Crippen LogP contribution >= 0.6 is 23.2 Å². The summed E-state index contributed by atoms with van der Waals surface area (Å²) in [6, 6.07) is 0.701. The number of carbonyl (C=O) groups excluding carboxylic acids is 1. The maximum absolute atomic E-state index is 12.3. The van der Waals surface area contributed by atoms with E-state index in [-0.39, 0.29) is 13.0 Å². The number of hydrogen-bond donors (Lipinski definition) is 1. The number of benzene rings is 1. The van der Waals surface area contributed by atoms with Gasteiger partial charge >= 0.3 is 12.1 Å². The Kier molecular flexibility index (Phi) is 5.98. The Hall–Kier alpha value is -1.66. The summed E-state index contributed by atoms with van der Waals surface area (Å²) in [6.45, 7) is 8.90. The molecule has 0 spiro atoms. The molecule has 0 radical (unpaired) electrons. The highest BCUT2D eigenvalue weighted by molar-refractivity contribution is 6.37. The Morgan fingerprint density at radius 3 is 2.38 bits per heavy atom. The van der Waals surface area contributed by atoms with Gasteiger partial charge in [-0.2, -0.15) is 0 Å². The Morgan fingerprint density at radius 1 is 1.23 bits per heavy atom. The number of aliphatic carboxylic acids is 1. The smallest absolute Gasteiger partial charge is 0.411 e. The predicted octanol–water partition coefficient (Wildman–Crippen LogP) is 4.45. The quantitative estimate of drug-likeness (QED) is 0.806. The van der Waals surface area contributed by atoms with Crippen LogP contribution in [0.1, 0.15) is 38.3 Å². The lowest BCUT2D eigenvalue weighted by atomic mass is 10.1. The molecule has 0 bridgehead atoms. The van der Waals surface area contributed by atoms with Gasteiger partial charge < -0.3 is 14.6 Å². The molecule has 26 heavy (non-hydrogen) atoms. The molecule has 6 nitrogen and oxygen atoms in total. The van der Waals surface area contributed by atoms with Crippen molar-refractivity contribution in [1.82, 2.24) is 4.90 Å². The number of carboxylic acid groups (broad SMARTS) is 1. The molecule has 0 saturated carbocycles. The van der Waals surface area contributed by atoms with Crippen LogP contribution in [0, 0.1) is 13.8 Å². The van der Waals surface area contributed by atoms with Crippen LogP contribution in [0.2, 0.25) is 10.0 Å². The van der Waals surface area contributed by atoms with Crippen LogP contribution in [-0.2, 0) is 9.53 Å². The molecule has 1 aromatic rings. The van der Waals surface area contributed by atoms with Gasteiger partial charge in [-0.3, -0.25) is 4.90 Å². The minimum Gasteiger partial charge on any atom is -0.487 e. The van der Waals surface area contributed by atoms with Gasteiger partial charge in [0, 0.05) is 11.4 Å². The van der Waals surface area contributed by atoms with Crippen molar-refractivity contribution >= 4 is 35.3 Å². The van der Waals surface area contributed by atoms with Gasteiger partial charge in [0.05, 0.1) is 11.6 Å². The monoisotopic (exact) mass is 403 g/mol. The Labute approximate surface area is 163 Å². The SMILES string of the molecule is Cc1cc(O[C@@H]2C[C@H](C(=O)O)N(C(=O)OC(C)(C)C)C2)c(Cl)c(C)c1Cl. The normalized spacial score (nSPS) is 20.2. The van der Waals surface area contributed by atoms with Crippen LogP contribution in [0.15, 0.2) is 6.07 Å². The van der Waals surface area contributed by atoms with Gasteiger partial charge in [0.15, 0.2) is 0 Å². The van der Waals surface area contributed by atoms with Crippen molar-refractivity contribution < 1.29 is 24.2 Å². The van der Waals surface area contributed by atoms with E-state index in [0.717, 1.165) is 5.56 Å². The van der Waals surface area contributed by atoms with Crippen molar-refractivity contribution in [3.8, 4) is 5.75 Å². The molecule has 1 amide bonds. The second kappa shape index (κ2) is 7.53. The third kappa shape index (κ3) is 4.54. The number of hydrogen-bond acceptors (Lipinski definition) is 4. The highest BCUT2D eigenvalue weighted by Crippen LogP contribution is 2.37. The molecule has 1 saturated heterocycles. The molecular weight excluding hydrogens is 381 g/mol. The predicted molar refractivity (Wildman–Crippen MR) is 99.3 cm³/mol. The van der Waals surface area contributed by atoms with Crippen molar-refractivity contribution in [3.05, 3.63) is 27.2 Å². The molecule has 1 fully saturated rings. The summed E-state index contributed by atoms with van der Waals surface area (Å²) in [7, 11) is 0. The van der Waals surface area contributed by atoms with Crippen molar-refractivity contribution in [3.63, 3.8) is 0 Å². The molecule has 2 atom stereocenters. The fraction of sp³-hybridized carbons (Fsp3) is 0.556. The van der Waals surface area contributed by atoms with Gasteiger partial charge in [0.25, 0.3) is 0 Å². The minimum atomic E-state index is -1.10. The number of carbonyl (C=O) groups is 2. The first-order chi connectivity index (χ1) is 11.9. The standard InChI is InChI=1S/C18H23Cl2NO5/c1-9-6-13(15(20)10(2)14(9)19)25-11-7-12(16(22)23)21(8-11)17(24)26-18(3,4)5/h6,11-12H,7-8H2,1-5H3,(H,22,23)/t11-,12-/m1/s1. The molecule has 1 aliphatic rings. The zero-order valence-corrected chi connectivity index (χ0v) is 16.9. The van der Waals surface area contributed by atoms with Gasteiger partial charge in [-0.25, -0.2) is 9.59 Å². The topological polar surface area (TPSA) is 76.1 Å². The molecule has 1 aliphatic heterocycles. The second-order valence-corrected chi connectivity index (χ2v) is 8.16. The number of ether oxygens (including phenoxy) is 2. The maximum atomic E-state index is 12.3. The molecule has 144 valence electrons. The van der Waals surface area contributed by atoms with Crippen LogP contribution in [0.5, 0.6) is 5.75 Å². The van der Waals surface area contributed by atoms with Crippen LogP contribution in [-0.4, -0.2) is 46.4 Å². The molecule has 0 aliphatic carbocycles. The molecule has 2 rings (SSSR count). The Morgan fingerprint density at radius 2 is 1.85 bits per heavy atom. The second-order valence-electron chi connectivity index (χ2n) is 7.41. The van der Waals surface area contributed by atoms with E-state index in [0.29, 0.717) is 21.4 Å². The largest absolute Gasteiger partial charge is 0.487 e. The molecule has 8 heteroatoms.